The number of rotatable bonds is 5. The zero-order chi connectivity index (χ0) is 19.5. The molecule has 0 radical (unpaired) electrons. The molecule has 4 rings (SSSR count). The van der Waals surface area contributed by atoms with E-state index in [1.54, 1.807) is 43.8 Å². The van der Waals surface area contributed by atoms with Gasteiger partial charge < -0.3 is 9.47 Å². The van der Waals surface area contributed by atoms with E-state index in [0.717, 1.165) is 16.3 Å². The van der Waals surface area contributed by atoms with Gasteiger partial charge in [-0.3, -0.25) is 9.78 Å². The van der Waals surface area contributed by atoms with Crippen molar-refractivity contribution < 1.29 is 9.47 Å². The zero-order valence-electron chi connectivity index (χ0n) is 15.0. The fourth-order valence-corrected chi connectivity index (χ4v) is 3.07. The quantitative estimate of drug-likeness (QED) is 0.506. The Hall–Kier alpha value is -3.38. The van der Waals surface area contributed by atoms with Crippen LogP contribution in [0, 0.1) is 0 Å². The Labute approximate surface area is 165 Å². The monoisotopic (exact) mass is 393 g/mol. The van der Waals surface area contributed by atoms with Gasteiger partial charge >= 0.3 is 5.56 Å². The van der Waals surface area contributed by atoms with Crippen LogP contribution in [-0.4, -0.2) is 21.9 Å². The maximum atomic E-state index is 12.9. The summed E-state index contributed by atoms with van der Waals surface area (Å²) in [7, 11) is 1.58. The van der Waals surface area contributed by atoms with Gasteiger partial charge in [-0.1, -0.05) is 29.8 Å². The number of halogens is 1. The molecule has 0 amide bonds. The third-order valence-corrected chi connectivity index (χ3v) is 4.60. The van der Waals surface area contributed by atoms with Gasteiger partial charge in [0, 0.05) is 17.8 Å². The van der Waals surface area contributed by atoms with E-state index in [0.29, 0.717) is 11.5 Å². The van der Waals surface area contributed by atoms with Crippen molar-refractivity contribution in [1.29, 1.82) is 0 Å². The summed E-state index contributed by atoms with van der Waals surface area (Å²) < 4.78 is 12.2. The predicted octanol–water partition coefficient (Wildman–Crippen LogP) is 4.29. The van der Waals surface area contributed by atoms with E-state index < -0.39 is 5.56 Å². The number of nitrogens with zero attached hydrogens (tertiary/aromatic N) is 3. The number of pyridine rings is 1. The first-order chi connectivity index (χ1) is 13.7. The van der Waals surface area contributed by atoms with Crippen LogP contribution < -0.4 is 15.0 Å². The fourth-order valence-electron chi connectivity index (χ4n) is 2.91. The van der Waals surface area contributed by atoms with Gasteiger partial charge in [0.15, 0.2) is 0 Å². The lowest BCUT2D eigenvalue weighted by Gasteiger charge is -2.11. The van der Waals surface area contributed by atoms with Crippen LogP contribution in [0.4, 0.5) is 0 Å². The molecule has 0 aliphatic heterocycles. The first-order valence-electron chi connectivity index (χ1n) is 8.55. The minimum Gasteiger partial charge on any atom is -0.497 e. The third-order valence-electron chi connectivity index (χ3n) is 4.33. The van der Waals surface area contributed by atoms with Gasteiger partial charge in [0.1, 0.15) is 16.5 Å². The van der Waals surface area contributed by atoms with Crippen LogP contribution in [0.5, 0.6) is 17.2 Å². The summed E-state index contributed by atoms with van der Waals surface area (Å²) in [5, 5.41) is 6.33. The molecule has 0 unspecified atom stereocenters. The standard InChI is InChI=1S/C21H16ClN3O3/c1-27-16-5-7-17(8-6-16)28-20-19(22)12-24-25(21(20)26)13-15-4-2-3-14-11-23-10-9-18(14)15/h2-12H,13H2,1H3. The van der Waals surface area contributed by atoms with Crippen molar-refractivity contribution in [3.63, 3.8) is 0 Å². The highest BCUT2D eigenvalue weighted by Crippen LogP contribution is 2.26. The average molecular weight is 394 g/mol. The lowest BCUT2D eigenvalue weighted by molar-refractivity contribution is 0.412. The van der Waals surface area contributed by atoms with Crippen LogP contribution >= 0.6 is 11.6 Å². The summed E-state index contributed by atoms with van der Waals surface area (Å²) in [6.07, 6.45) is 4.92. The summed E-state index contributed by atoms with van der Waals surface area (Å²) in [6.45, 7) is 0.288. The second-order valence-corrected chi connectivity index (χ2v) is 6.48. The second-order valence-electron chi connectivity index (χ2n) is 6.08. The Morgan fingerprint density at radius 3 is 2.61 bits per heavy atom. The Bertz CT molecular complexity index is 1180. The minimum atomic E-state index is -0.408. The van der Waals surface area contributed by atoms with Gasteiger partial charge in [0.05, 0.1) is 19.9 Å². The van der Waals surface area contributed by atoms with E-state index >= 15 is 0 Å². The molecule has 0 saturated heterocycles. The zero-order valence-corrected chi connectivity index (χ0v) is 15.8. The molecule has 0 fully saturated rings. The molecule has 0 N–H and O–H groups in total. The number of hydrogen-bond donors (Lipinski definition) is 0. The number of methoxy groups -OCH3 is 1. The number of hydrogen-bond acceptors (Lipinski definition) is 5. The maximum absolute atomic E-state index is 12.9. The average Bonchev–Trinajstić information content (AvgIpc) is 2.74. The normalized spacial score (nSPS) is 10.8. The Morgan fingerprint density at radius 2 is 1.82 bits per heavy atom. The molecule has 0 aliphatic rings. The maximum Gasteiger partial charge on any atom is 0.311 e. The first kappa shape index (κ1) is 18.0. The number of aromatic nitrogens is 3. The highest BCUT2D eigenvalue weighted by Gasteiger charge is 2.14. The van der Waals surface area contributed by atoms with Crippen molar-refractivity contribution >= 4 is 22.4 Å². The molecule has 0 bridgehead atoms. The summed E-state index contributed by atoms with van der Waals surface area (Å²) >= 11 is 6.17. The van der Waals surface area contributed by atoms with Crippen molar-refractivity contribution in [3.8, 4) is 17.2 Å². The Balaban J connectivity index is 1.69. The third kappa shape index (κ3) is 3.54. The van der Waals surface area contributed by atoms with Crippen LogP contribution in [0.15, 0.2) is 71.9 Å². The molecule has 2 aromatic heterocycles. The van der Waals surface area contributed by atoms with Crippen LogP contribution in [0.25, 0.3) is 10.8 Å². The summed E-state index contributed by atoms with van der Waals surface area (Å²) in [6, 6.07) is 14.7. The largest absolute Gasteiger partial charge is 0.497 e. The first-order valence-corrected chi connectivity index (χ1v) is 8.92. The van der Waals surface area contributed by atoms with Gasteiger partial charge in [0.25, 0.3) is 0 Å². The predicted molar refractivity (Wildman–Crippen MR) is 107 cm³/mol. The second kappa shape index (κ2) is 7.70. The number of fused-ring (bicyclic) bond motifs is 1. The van der Waals surface area contributed by atoms with Gasteiger partial charge in [-0.2, -0.15) is 5.10 Å². The van der Waals surface area contributed by atoms with E-state index in [2.05, 4.69) is 10.1 Å². The number of ether oxygens (including phenoxy) is 2. The molecule has 6 nitrogen and oxygen atoms in total. The summed E-state index contributed by atoms with van der Waals surface area (Å²) in [5.41, 5.74) is 0.543. The van der Waals surface area contributed by atoms with Crippen molar-refractivity contribution in [1.82, 2.24) is 14.8 Å². The van der Waals surface area contributed by atoms with E-state index in [4.69, 9.17) is 21.1 Å². The van der Waals surface area contributed by atoms with Gasteiger partial charge in [0.2, 0.25) is 5.75 Å². The van der Waals surface area contributed by atoms with E-state index in [-0.39, 0.29) is 17.3 Å². The smallest absolute Gasteiger partial charge is 0.311 e. The fraction of sp³-hybridized carbons (Fsp3) is 0.0952. The van der Waals surface area contributed by atoms with E-state index in [1.807, 2.05) is 24.3 Å². The van der Waals surface area contributed by atoms with Crippen molar-refractivity contribution in [2.24, 2.45) is 0 Å². The van der Waals surface area contributed by atoms with Crippen molar-refractivity contribution in [3.05, 3.63) is 88.1 Å². The molecule has 7 heteroatoms. The van der Waals surface area contributed by atoms with E-state index in [9.17, 15) is 4.79 Å². The van der Waals surface area contributed by atoms with Gasteiger partial charge in [-0.05, 0) is 41.3 Å². The lowest BCUT2D eigenvalue weighted by atomic mass is 10.1. The highest BCUT2D eigenvalue weighted by molar-refractivity contribution is 6.31. The Morgan fingerprint density at radius 1 is 1.04 bits per heavy atom. The summed E-state index contributed by atoms with van der Waals surface area (Å²) in [5.74, 6) is 1.20. The SMILES string of the molecule is COc1ccc(Oc2c(Cl)cnn(Cc3cccc4cnccc34)c2=O)cc1. The van der Waals surface area contributed by atoms with Gasteiger partial charge in [-0.15, -0.1) is 0 Å². The molecule has 0 aliphatic carbocycles. The van der Waals surface area contributed by atoms with Gasteiger partial charge in [-0.25, -0.2) is 4.68 Å². The molecule has 4 aromatic rings. The molecule has 140 valence electrons. The highest BCUT2D eigenvalue weighted by atomic mass is 35.5. The molecule has 28 heavy (non-hydrogen) atoms. The molecule has 2 heterocycles. The molecule has 0 spiro atoms. The van der Waals surface area contributed by atoms with E-state index in [1.165, 1.54) is 10.9 Å². The molecular weight excluding hydrogens is 378 g/mol. The topological polar surface area (TPSA) is 66.2 Å². The van der Waals surface area contributed by atoms with Crippen LogP contribution in [0.3, 0.4) is 0 Å². The van der Waals surface area contributed by atoms with Crippen LogP contribution in [0.1, 0.15) is 5.56 Å². The molecule has 2 aromatic carbocycles. The molecule has 0 saturated carbocycles. The Kier molecular flexibility index (Phi) is 4.95. The summed E-state index contributed by atoms with van der Waals surface area (Å²) in [4.78, 5) is 17.0. The minimum absolute atomic E-state index is 0.0312. The van der Waals surface area contributed by atoms with Crippen LogP contribution in [0.2, 0.25) is 5.02 Å². The molecular formula is C21H16ClN3O3. The molecule has 0 atom stereocenters. The van der Waals surface area contributed by atoms with Crippen molar-refractivity contribution in [2.45, 2.75) is 6.54 Å². The van der Waals surface area contributed by atoms with Crippen LogP contribution in [-0.2, 0) is 6.54 Å². The van der Waals surface area contributed by atoms with Crippen molar-refractivity contribution in [2.75, 3.05) is 7.11 Å². The number of benzene rings is 2. The lowest BCUT2D eigenvalue weighted by Crippen LogP contribution is -2.24.